The summed E-state index contributed by atoms with van der Waals surface area (Å²) in [6.07, 6.45) is 2.84. The maximum absolute atomic E-state index is 13.5. The summed E-state index contributed by atoms with van der Waals surface area (Å²) in [5.41, 5.74) is 5.21. The van der Waals surface area contributed by atoms with E-state index in [0.29, 0.717) is 17.4 Å². The highest BCUT2D eigenvalue weighted by Crippen LogP contribution is 2.32. The van der Waals surface area contributed by atoms with Crippen LogP contribution in [0.15, 0.2) is 42.5 Å². The SMILES string of the molecule is COC(=O)COc1ccc(NC(=O)c2c3c(nc4ccccc24)CCC(C)C3)c(C)c1. The van der Waals surface area contributed by atoms with Crippen molar-refractivity contribution < 1.29 is 19.1 Å². The van der Waals surface area contributed by atoms with Crippen molar-refractivity contribution in [1.29, 1.82) is 0 Å². The van der Waals surface area contributed by atoms with E-state index in [9.17, 15) is 9.59 Å². The summed E-state index contributed by atoms with van der Waals surface area (Å²) in [7, 11) is 1.32. The Labute approximate surface area is 181 Å². The number of para-hydroxylation sites is 1. The first-order valence-corrected chi connectivity index (χ1v) is 10.5. The number of aromatic nitrogens is 1. The van der Waals surface area contributed by atoms with Crippen molar-refractivity contribution in [2.24, 2.45) is 5.92 Å². The van der Waals surface area contributed by atoms with Crippen LogP contribution in [-0.4, -0.2) is 30.6 Å². The van der Waals surface area contributed by atoms with Gasteiger partial charge in [0, 0.05) is 16.8 Å². The highest BCUT2D eigenvalue weighted by Gasteiger charge is 2.25. The Hall–Kier alpha value is -3.41. The third kappa shape index (κ3) is 4.38. The maximum atomic E-state index is 13.5. The molecule has 1 N–H and O–H groups in total. The molecule has 0 spiro atoms. The normalized spacial score (nSPS) is 15.3. The van der Waals surface area contributed by atoms with Crippen molar-refractivity contribution in [1.82, 2.24) is 4.98 Å². The van der Waals surface area contributed by atoms with E-state index in [0.717, 1.165) is 52.5 Å². The molecule has 4 rings (SSSR count). The second-order valence-electron chi connectivity index (χ2n) is 8.07. The topological polar surface area (TPSA) is 77.5 Å². The van der Waals surface area contributed by atoms with Gasteiger partial charge in [-0.1, -0.05) is 25.1 Å². The molecule has 31 heavy (non-hydrogen) atoms. The van der Waals surface area contributed by atoms with Crippen LogP contribution in [0.4, 0.5) is 5.69 Å². The monoisotopic (exact) mass is 418 g/mol. The molecule has 0 bridgehead atoms. The number of hydrogen-bond acceptors (Lipinski definition) is 5. The van der Waals surface area contributed by atoms with E-state index in [1.54, 1.807) is 18.2 Å². The number of benzene rings is 2. The van der Waals surface area contributed by atoms with E-state index < -0.39 is 5.97 Å². The van der Waals surface area contributed by atoms with Crippen LogP contribution in [0, 0.1) is 12.8 Å². The zero-order valence-corrected chi connectivity index (χ0v) is 18.0. The zero-order chi connectivity index (χ0) is 22.0. The third-order valence-corrected chi connectivity index (χ3v) is 5.76. The van der Waals surface area contributed by atoms with E-state index in [-0.39, 0.29) is 12.5 Å². The number of fused-ring (bicyclic) bond motifs is 2. The van der Waals surface area contributed by atoms with Gasteiger partial charge in [-0.15, -0.1) is 0 Å². The molecule has 6 nitrogen and oxygen atoms in total. The molecule has 0 radical (unpaired) electrons. The smallest absolute Gasteiger partial charge is 0.343 e. The van der Waals surface area contributed by atoms with Gasteiger partial charge in [-0.05, 0) is 67.5 Å². The van der Waals surface area contributed by atoms with Gasteiger partial charge in [0.1, 0.15) is 5.75 Å². The molecule has 1 atom stereocenters. The number of hydrogen-bond donors (Lipinski definition) is 1. The molecule has 160 valence electrons. The van der Waals surface area contributed by atoms with Crippen LogP contribution >= 0.6 is 0 Å². The second kappa shape index (κ2) is 8.76. The minimum atomic E-state index is -0.446. The van der Waals surface area contributed by atoms with Gasteiger partial charge in [0.15, 0.2) is 6.61 Å². The summed E-state index contributed by atoms with van der Waals surface area (Å²) in [6.45, 7) is 3.95. The Kier molecular flexibility index (Phi) is 5.89. The van der Waals surface area contributed by atoms with E-state index in [1.807, 2.05) is 31.2 Å². The number of carbonyl (C=O) groups excluding carboxylic acids is 2. The number of carbonyl (C=O) groups is 2. The number of esters is 1. The number of rotatable bonds is 5. The van der Waals surface area contributed by atoms with Gasteiger partial charge < -0.3 is 14.8 Å². The molecule has 1 heterocycles. The van der Waals surface area contributed by atoms with Crippen LogP contribution < -0.4 is 10.1 Å². The molecule has 1 amide bonds. The van der Waals surface area contributed by atoms with Crippen LogP contribution in [0.2, 0.25) is 0 Å². The molecule has 6 heteroatoms. The van der Waals surface area contributed by atoms with Crippen molar-refractivity contribution in [2.75, 3.05) is 19.0 Å². The van der Waals surface area contributed by atoms with Gasteiger partial charge >= 0.3 is 5.97 Å². The molecule has 1 aliphatic rings. The van der Waals surface area contributed by atoms with Gasteiger partial charge in [0.05, 0.1) is 18.2 Å². The summed E-state index contributed by atoms with van der Waals surface area (Å²) >= 11 is 0. The summed E-state index contributed by atoms with van der Waals surface area (Å²) < 4.78 is 10.0. The molecule has 2 aromatic carbocycles. The first-order valence-electron chi connectivity index (χ1n) is 10.5. The summed E-state index contributed by atoms with van der Waals surface area (Å²) in [5, 5.41) is 3.95. The maximum Gasteiger partial charge on any atom is 0.343 e. The predicted octanol–water partition coefficient (Wildman–Crippen LogP) is 4.47. The molecule has 1 aromatic heterocycles. The molecular formula is C25H26N2O4. The fourth-order valence-corrected chi connectivity index (χ4v) is 4.07. The Balaban J connectivity index is 1.65. The molecule has 0 saturated carbocycles. The van der Waals surface area contributed by atoms with Gasteiger partial charge in [-0.2, -0.15) is 0 Å². The first kappa shape index (κ1) is 20.8. The first-order chi connectivity index (χ1) is 15.0. The molecule has 0 fully saturated rings. The van der Waals surface area contributed by atoms with Crippen molar-refractivity contribution in [3.05, 3.63) is 64.8 Å². The van der Waals surface area contributed by atoms with Gasteiger partial charge in [-0.3, -0.25) is 9.78 Å². The average Bonchev–Trinajstić information content (AvgIpc) is 2.77. The number of anilines is 1. The quantitative estimate of drug-likeness (QED) is 0.619. The lowest BCUT2D eigenvalue weighted by Gasteiger charge is -2.24. The van der Waals surface area contributed by atoms with Gasteiger partial charge in [0.2, 0.25) is 0 Å². The molecule has 3 aromatic rings. The Morgan fingerprint density at radius 1 is 1.19 bits per heavy atom. The summed E-state index contributed by atoms with van der Waals surface area (Å²) in [6, 6.07) is 13.1. The minimum absolute atomic E-state index is 0.129. The van der Waals surface area contributed by atoms with Crippen molar-refractivity contribution in [3.63, 3.8) is 0 Å². The molecule has 0 aliphatic heterocycles. The largest absolute Gasteiger partial charge is 0.482 e. The fraction of sp³-hybridized carbons (Fsp3) is 0.320. The van der Waals surface area contributed by atoms with Gasteiger partial charge in [0.25, 0.3) is 5.91 Å². The van der Waals surface area contributed by atoms with Crippen molar-refractivity contribution in [3.8, 4) is 5.75 Å². The number of aryl methyl sites for hydroxylation is 2. The number of ether oxygens (including phenoxy) is 2. The highest BCUT2D eigenvalue weighted by molar-refractivity contribution is 6.13. The van der Waals surface area contributed by atoms with E-state index >= 15 is 0 Å². The number of nitrogens with zero attached hydrogens (tertiary/aromatic N) is 1. The predicted molar refractivity (Wildman–Crippen MR) is 120 cm³/mol. The summed E-state index contributed by atoms with van der Waals surface area (Å²) in [5.74, 6) is 0.491. The van der Waals surface area contributed by atoms with Crippen LogP contribution in [0.5, 0.6) is 5.75 Å². The lowest BCUT2D eigenvalue weighted by Crippen LogP contribution is -2.22. The molecule has 1 unspecified atom stereocenters. The van der Waals surface area contributed by atoms with E-state index in [2.05, 4.69) is 17.0 Å². The molecule has 1 aliphatic carbocycles. The van der Waals surface area contributed by atoms with Gasteiger partial charge in [-0.25, -0.2) is 4.79 Å². The van der Waals surface area contributed by atoms with Crippen molar-refractivity contribution in [2.45, 2.75) is 33.1 Å². The molecular weight excluding hydrogens is 392 g/mol. The van der Waals surface area contributed by atoms with Crippen molar-refractivity contribution >= 4 is 28.5 Å². The minimum Gasteiger partial charge on any atom is -0.482 e. The van der Waals surface area contributed by atoms with Crippen LogP contribution in [0.25, 0.3) is 10.9 Å². The van der Waals surface area contributed by atoms with Crippen LogP contribution in [0.3, 0.4) is 0 Å². The lowest BCUT2D eigenvalue weighted by atomic mass is 9.84. The van der Waals surface area contributed by atoms with Crippen LogP contribution in [-0.2, 0) is 22.4 Å². The van der Waals surface area contributed by atoms with E-state index in [4.69, 9.17) is 9.72 Å². The zero-order valence-electron chi connectivity index (χ0n) is 18.0. The average molecular weight is 418 g/mol. The number of amides is 1. The third-order valence-electron chi connectivity index (χ3n) is 5.76. The Bertz CT molecular complexity index is 1160. The standard InChI is InChI=1S/C25H26N2O4/c1-15-8-10-22-19(12-15)24(18-6-4-5-7-21(18)26-22)25(29)27-20-11-9-17(13-16(20)2)31-14-23(28)30-3/h4-7,9,11,13,15H,8,10,12,14H2,1-3H3,(H,27,29). The number of methoxy groups -OCH3 is 1. The number of nitrogens with one attached hydrogen (secondary N) is 1. The lowest BCUT2D eigenvalue weighted by molar-refractivity contribution is -0.142. The Morgan fingerprint density at radius 2 is 2.00 bits per heavy atom. The Morgan fingerprint density at radius 3 is 2.77 bits per heavy atom. The van der Waals surface area contributed by atoms with E-state index in [1.165, 1.54) is 7.11 Å². The number of pyridine rings is 1. The highest BCUT2D eigenvalue weighted by atomic mass is 16.6. The fourth-order valence-electron chi connectivity index (χ4n) is 4.07. The molecule has 0 saturated heterocycles. The van der Waals surface area contributed by atoms with Crippen LogP contribution in [0.1, 0.15) is 40.5 Å². The summed E-state index contributed by atoms with van der Waals surface area (Å²) in [4.78, 5) is 29.6. The second-order valence-corrected chi connectivity index (χ2v) is 8.07.